The predicted molar refractivity (Wildman–Crippen MR) is 424 cm³/mol. The van der Waals surface area contributed by atoms with Crippen LogP contribution in [0.4, 0.5) is 11.4 Å². The molecule has 0 spiro atoms. The number of carboxylic acid groups (broad SMARTS) is 4. The second kappa shape index (κ2) is 40.1. The van der Waals surface area contributed by atoms with Crippen LogP contribution in [-0.4, -0.2) is 332 Å². The number of aliphatic hydroxyl groups is 5. The number of ether oxygens (including phenoxy) is 6. The number of benzene rings is 3. The Balaban J connectivity index is 0.000000273. The molecule has 3 aromatic rings. The molecule has 1 fully saturated rings. The Morgan fingerprint density at radius 3 is 1.82 bits per heavy atom. The SMILES string of the molecule is CN(C)c1ccc(O)c2c1C[C@H]1C[C@H]3[C@H](N(C)C)C(O)=C(C(N)=O)C(=O)[C@@]3(O)C(O)=C1C2=O.CO[C@H]1/C=C/O[C@@]2(C)Oc3c(C)c(O)c4c(O)c(c(/C=N/N5CCN(C)CC5)c(O)c4c3C2=O)NC(=O)/C(C)=C\C=C\[C@H](C)[C@H](O)[C@@H](C)[C@@H](O)[C@@H](C)[C@H](OC(C)=O)[C@@H]1C.O=C(O)CN(CCOCCOCCN(CC(=O)O)CC(=O)O)CC(=O)O. The van der Waals surface area contributed by atoms with Crippen LogP contribution in [-0.2, 0) is 68.5 Å². The van der Waals surface area contributed by atoms with Crippen molar-refractivity contribution >= 4 is 87.4 Å². The smallest absolute Gasteiger partial charge is 0.317 e. The molecule has 7 aliphatic rings. The Hall–Kier alpha value is -10.8. The van der Waals surface area contributed by atoms with Crippen LogP contribution in [0.15, 0.2) is 76.0 Å². The zero-order chi connectivity index (χ0) is 88.2. The predicted octanol–water partition coefficient (Wildman–Crippen LogP) is 2.48. The lowest BCUT2D eigenvalue weighted by atomic mass is 9.58. The number of anilines is 2. The van der Waals surface area contributed by atoms with Crippen LogP contribution < -0.4 is 20.7 Å². The second-order valence-corrected chi connectivity index (χ2v) is 30.7. The van der Waals surface area contributed by atoms with E-state index in [-0.39, 0.29) is 114 Å². The number of hydrogen-bond donors (Lipinski definition) is 15. The largest absolute Gasteiger partial charge is 0.510 e. The zero-order valence-corrected chi connectivity index (χ0v) is 68.3. The molecule has 0 aromatic heterocycles. The molecule has 3 aliphatic carbocycles. The fraction of sp³-hybridized carbons (Fsp3) is 0.537. The Morgan fingerprint density at radius 2 is 1.31 bits per heavy atom. The van der Waals surface area contributed by atoms with Gasteiger partial charge in [-0.3, -0.25) is 67.7 Å². The summed E-state index contributed by atoms with van der Waals surface area (Å²) in [7, 11) is 10.2. The summed E-state index contributed by atoms with van der Waals surface area (Å²) in [6.07, 6.45) is 5.18. The molecule has 38 nitrogen and oxygen atoms in total. The topological polar surface area (TPSA) is 559 Å². The highest BCUT2D eigenvalue weighted by molar-refractivity contribution is 6.26. The average molecular weight is 1660 g/mol. The lowest BCUT2D eigenvalue weighted by Crippen LogP contribution is -2.63. The van der Waals surface area contributed by atoms with Gasteiger partial charge < -0.3 is 116 Å². The number of carbonyl (C=O) groups is 10. The first kappa shape index (κ1) is 94.3. The van der Waals surface area contributed by atoms with E-state index in [0.717, 1.165) is 18.8 Å². The zero-order valence-electron chi connectivity index (χ0n) is 68.3. The van der Waals surface area contributed by atoms with E-state index >= 15 is 0 Å². The van der Waals surface area contributed by atoms with Crippen molar-refractivity contribution in [3.8, 4) is 28.7 Å². The molecule has 4 aliphatic heterocycles. The Morgan fingerprint density at radius 1 is 0.737 bits per heavy atom. The Kier molecular flexibility index (Phi) is 32.1. The third-order valence-electron chi connectivity index (χ3n) is 21.8. The summed E-state index contributed by atoms with van der Waals surface area (Å²) in [5.41, 5.74) is 2.67. The van der Waals surface area contributed by atoms with E-state index in [0.29, 0.717) is 18.7 Å². The number of phenols is 4. The molecule has 3 aromatic carbocycles. The number of nitrogens with two attached hydrogens (primary N) is 1. The average Bonchev–Trinajstić information content (AvgIpc) is 0.938. The number of nitrogens with zero attached hydrogens (tertiary/aromatic N) is 7. The number of carbonyl (C=O) groups excluding carboxylic acids is 6. The van der Waals surface area contributed by atoms with Crippen LogP contribution in [0.3, 0.4) is 0 Å². The summed E-state index contributed by atoms with van der Waals surface area (Å²) in [4.78, 5) is 129. The van der Waals surface area contributed by atoms with Gasteiger partial charge in [0.1, 0.15) is 46.2 Å². The van der Waals surface area contributed by atoms with Gasteiger partial charge in [-0.2, -0.15) is 5.10 Å². The van der Waals surface area contributed by atoms with Gasteiger partial charge in [-0.05, 0) is 77.5 Å². The molecule has 0 saturated carbocycles. The normalized spacial score (nSPS) is 26.6. The van der Waals surface area contributed by atoms with Gasteiger partial charge in [0.2, 0.25) is 5.78 Å². The van der Waals surface area contributed by atoms with Crippen molar-refractivity contribution in [2.24, 2.45) is 46.3 Å². The molecule has 648 valence electrons. The monoisotopic (exact) mass is 1660 g/mol. The number of amides is 2. The van der Waals surface area contributed by atoms with Gasteiger partial charge in [0, 0.05) is 132 Å². The van der Waals surface area contributed by atoms with E-state index in [9.17, 15) is 93.9 Å². The summed E-state index contributed by atoms with van der Waals surface area (Å²) in [5.74, 6) is -19.4. The van der Waals surface area contributed by atoms with E-state index < -0.39 is 197 Å². The van der Waals surface area contributed by atoms with Gasteiger partial charge in [0.15, 0.2) is 17.1 Å². The van der Waals surface area contributed by atoms with Gasteiger partial charge in [-0.1, -0.05) is 45.9 Å². The van der Waals surface area contributed by atoms with Crippen molar-refractivity contribution in [1.82, 2.24) is 24.6 Å². The molecule has 2 amide bonds. The molecule has 13 atom stereocenters. The minimum Gasteiger partial charge on any atom is -0.510 e. The van der Waals surface area contributed by atoms with Gasteiger partial charge in [0.25, 0.3) is 17.6 Å². The second-order valence-electron chi connectivity index (χ2n) is 30.7. The number of piperazine rings is 1. The van der Waals surface area contributed by atoms with Crippen LogP contribution in [0.25, 0.3) is 10.8 Å². The number of ketones is 3. The van der Waals surface area contributed by atoms with Crippen LogP contribution >= 0.6 is 0 Å². The van der Waals surface area contributed by atoms with E-state index in [4.69, 9.17) is 54.6 Å². The Bertz CT molecular complexity index is 4430. The summed E-state index contributed by atoms with van der Waals surface area (Å²) in [5, 5.41) is 145. The first-order chi connectivity index (χ1) is 55.3. The minimum absolute atomic E-state index is 0.00184. The maximum absolute atomic E-state index is 14.4. The molecule has 16 N–H and O–H groups in total. The molecule has 0 radical (unpaired) electrons. The number of fused-ring (bicyclic) bond motifs is 17. The number of aliphatic hydroxyl groups excluding tert-OH is 4. The van der Waals surface area contributed by atoms with Gasteiger partial charge in [0.05, 0.1) is 117 Å². The van der Waals surface area contributed by atoms with Crippen molar-refractivity contribution in [2.75, 3.05) is 144 Å². The number of likely N-dealkylation sites (N-methyl/N-ethyl adjacent to an activating group) is 2. The molecule has 0 unspecified atom stereocenters. The number of phenolic OH excluding ortho intramolecular Hbond substituents is 4. The van der Waals surface area contributed by atoms with Crippen molar-refractivity contribution < 1.29 is 143 Å². The summed E-state index contributed by atoms with van der Waals surface area (Å²) >= 11 is 0. The number of aliphatic carboxylic acids is 4. The maximum Gasteiger partial charge on any atom is 0.317 e. The summed E-state index contributed by atoms with van der Waals surface area (Å²) in [6.45, 7) is 14.3. The van der Waals surface area contributed by atoms with Crippen LogP contribution in [0.5, 0.6) is 28.7 Å². The fourth-order valence-corrected chi connectivity index (χ4v) is 15.5. The summed E-state index contributed by atoms with van der Waals surface area (Å²) in [6, 6.07) is 2.06. The van der Waals surface area contributed by atoms with E-state index in [1.54, 1.807) is 84.0 Å². The molecule has 118 heavy (non-hydrogen) atoms. The van der Waals surface area contributed by atoms with Gasteiger partial charge >= 0.3 is 35.6 Å². The first-order valence-electron chi connectivity index (χ1n) is 38.0. The van der Waals surface area contributed by atoms with E-state index in [1.165, 1.54) is 80.2 Å². The molecule has 1 saturated heterocycles. The van der Waals surface area contributed by atoms with Crippen molar-refractivity contribution in [2.45, 2.75) is 110 Å². The summed E-state index contributed by atoms with van der Waals surface area (Å²) < 4.78 is 34.0. The molecule has 5 bridgehead atoms. The van der Waals surface area contributed by atoms with E-state index in [1.807, 2.05) is 7.05 Å². The third-order valence-corrected chi connectivity index (χ3v) is 21.8. The number of hydrogen-bond acceptors (Lipinski definition) is 32. The van der Waals surface area contributed by atoms with Crippen molar-refractivity contribution in [1.29, 1.82) is 0 Å². The van der Waals surface area contributed by atoms with Gasteiger partial charge in [-0.15, -0.1) is 0 Å². The lowest BCUT2D eigenvalue weighted by Gasteiger charge is -2.50. The number of carboxylic acids is 4. The molecule has 10 rings (SSSR count). The molecule has 38 heteroatoms. The highest BCUT2D eigenvalue weighted by Crippen LogP contribution is 2.56. The number of Topliss-reactive ketones (excluding diaryl/α,β-unsaturated/α-hetero) is 3. The number of aromatic hydroxyl groups is 4. The number of hydrazone groups is 1. The number of allylic oxidation sites excluding steroid dienone is 3. The number of primary amides is 1. The fourth-order valence-electron chi connectivity index (χ4n) is 15.5. The van der Waals surface area contributed by atoms with Crippen LogP contribution in [0.1, 0.15) is 92.3 Å². The molecular weight excluding hydrogens is 1550 g/mol. The number of esters is 1. The number of methoxy groups -OCH3 is 1. The standard InChI is InChI=1S/C43H58N4O12.C23H27N3O7.C14H24N2O10/c1-21-12-11-13-22(2)42(55)45-33-28(20-44-47-17-15-46(9)16-18-47)37(52)30-31(38(33)53)36(51)26(6)40-32(30)41(54)43(8,59-40)57-19-14-29(56-10)23(3)39(58-27(7)48)25(5)35(50)24(4)34(21)49;1-25(2)12-5-6-13(27)15-10(12)7-9-8-11-17(26(3)4)19(29)16(22(24)32)21(31)23(11,33)20(30)14(9)18(15)28;17-11(18)7-15(8-12(19)20)1-3-25-5-6-26-4-2-16(9-13(21)22)10-14(23)24/h11-14,19-21,23-25,29,34-35,39,49-53H,15-18H2,1-10H3,(H,45,55);5-6,9,11,17,27,29-30,33H,7-8H2,1-4H3,(H2,24,32);1-10H2,(H,17,18)(H,19,20)(H,21,22)(H,23,24)/b12-11+,19-14+,22-13-,44-20+;;/t21-,23+,24+,25+,29-,34-,35+,39+,43-;9-,11-,17-,23-;/m00./s1. The van der Waals surface area contributed by atoms with Gasteiger partial charge in [-0.25, -0.2) is 0 Å². The third kappa shape index (κ3) is 21.2. The number of nitrogens with one attached hydrogen (secondary N) is 1. The quantitative estimate of drug-likeness (QED) is 0.0153. The highest BCUT2D eigenvalue weighted by Gasteiger charge is 2.63. The Labute approximate surface area is 680 Å². The highest BCUT2D eigenvalue weighted by atomic mass is 16.7. The van der Waals surface area contributed by atoms with Crippen LogP contribution in [0.2, 0.25) is 0 Å². The minimum atomic E-state index is -2.63. The van der Waals surface area contributed by atoms with Crippen molar-refractivity contribution in [3.63, 3.8) is 0 Å². The molecule has 4 heterocycles. The lowest BCUT2D eigenvalue weighted by molar-refractivity contribution is -0.161. The first-order valence-corrected chi connectivity index (χ1v) is 38.0. The maximum atomic E-state index is 14.4. The molecular formula is C80H109N9O29. The van der Waals surface area contributed by atoms with Crippen LogP contribution in [0, 0.1) is 42.4 Å². The van der Waals surface area contributed by atoms with E-state index in [2.05, 4.69) is 15.3 Å². The van der Waals surface area contributed by atoms with Crippen molar-refractivity contribution in [3.05, 3.63) is 98.8 Å². The number of rotatable bonds is 24.